The molecular weight excluding hydrogens is 482 g/mol. The fourth-order valence-corrected chi connectivity index (χ4v) is 7.43. The van der Waals surface area contributed by atoms with Crippen molar-refractivity contribution in [2.24, 2.45) is 23.7 Å². The van der Waals surface area contributed by atoms with Crippen molar-refractivity contribution < 1.29 is 24.4 Å². The van der Waals surface area contributed by atoms with Crippen LogP contribution in [0.15, 0.2) is 61.0 Å². The van der Waals surface area contributed by atoms with Crippen molar-refractivity contribution in [1.29, 1.82) is 5.26 Å². The molecule has 6 rings (SSSR count). The Morgan fingerprint density at radius 3 is 2.63 bits per heavy atom. The van der Waals surface area contributed by atoms with Gasteiger partial charge in [-0.3, -0.25) is 9.88 Å². The molecule has 0 spiro atoms. The van der Waals surface area contributed by atoms with E-state index in [1.807, 2.05) is 24.3 Å². The van der Waals surface area contributed by atoms with Crippen LogP contribution in [-0.4, -0.2) is 66.7 Å². The van der Waals surface area contributed by atoms with Gasteiger partial charge in [0.2, 0.25) is 0 Å². The number of rotatable bonds is 6. The van der Waals surface area contributed by atoms with Crippen molar-refractivity contribution in [3.05, 3.63) is 77.7 Å². The summed E-state index contributed by atoms with van der Waals surface area (Å²) >= 11 is 0. The number of pyridine rings is 1. The number of ether oxygens (including phenoxy) is 3. The van der Waals surface area contributed by atoms with Crippen molar-refractivity contribution in [3.63, 3.8) is 0 Å². The average molecular weight is 516 g/mol. The van der Waals surface area contributed by atoms with Crippen LogP contribution in [0.3, 0.4) is 0 Å². The van der Waals surface area contributed by atoms with Gasteiger partial charge in [-0.1, -0.05) is 36.4 Å². The number of aliphatic hydroxyl groups is 2. The first-order valence-corrected chi connectivity index (χ1v) is 13.3. The Morgan fingerprint density at radius 1 is 1.18 bits per heavy atom. The highest BCUT2D eigenvalue weighted by atomic mass is 16.5. The first-order chi connectivity index (χ1) is 18.6. The molecular formula is C30H33N3O5. The Morgan fingerprint density at radius 2 is 1.97 bits per heavy atom. The Balaban J connectivity index is 1.61. The summed E-state index contributed by atoms with van der Waals surface area (Å²) in [6.45, 7) is 3.25. The molecule has 2 aliphatic carbocycles. The number of hydrogen-bond acceptors (Lipinski definition) is 8. The van der Waals surface area contributed by atoms with Gasteiger partial charge in [0.25, 0.3) is 0 Å². The van der Waals surface area contributed by atoms with E-state index >= 15 is 0 Å². The molecule has 2 N–H and O–H groups in total. The molecule has 8 heteroatoms. The standard InChI is InChI=1S/C30H33N3O5/c1-36-25-16-32-17-26-28(25)29(35)24(18-33-11-13-37-14-12-33)23(19-34)27(21-5-3-2-4-6-21)30(29,38-26)22-9-7-20(15-31)8-10-22/h2-5,7-10,16-17,21,23-24,27,34-35H,6,11-14,18-19H2,1H3/t21?,23-,24-,27+,29+,30-/m0/s1. The average Bonchev–Trinajstić information content (AvgIpc) is 3.36. The van der Waals surface area contributed by atoms with Crippen LogP contribution in [0.1, 0.15) is 23.1 Å². The second kappa shape index (κ2) is 9.83. The number of benzene rings is 1. The quantitative estimate of drug-likeness (QED) is 0.605. The molecule has 0 amide bonds. The number of allylic oxidation sites excluding steroid dienone is 4. The summed E-state index contributed by atoms with van der Waals surface area (Å²) in [6, 6.07) is 9.50. The summed E-state index contributed by atoms with van der Waals surface area (Å²) in [5.41, 5.74) is -0.885. The van der Waals surface area contributed by atoms with Crippen LogP contribution < -0.4 is 9.47 Å². The van der Waals surface area contributed by atoms with Crippen molar-refractivity contribution >= 4 is 0 Å². The van der Waals surface area contributed by atoms with Gasteiger partial charge in [0, 0.05) is 38.1 Å². The van der Waals surface area contributed by atoms with Crippen molar-refractivity contribution in [2.45, 2.75) is 17.6 Å². The van der Waals surface area contributed by atoms with Crippen LogP contribution in [0, 0.1) is 35.0 Å². The number of fused-ring (bicyclic) bond motifs is 3. The van der Waals surface area contributed by atoms with E-state index in [1.54, 1.807) is 31.6 Å². The lowest BCUT2D eigenvalue weighted by molar-refractivity contribution is -0.147. The van der Waals surface area contributed by atoms with Gasteiger partial charge < -0.3 is 24.4 Å². The van der Waals surface area contributed by atoms with Crippen LogP contribution in [0.25, 0.3) is 0 Å². The second-order valence-corrected chi connectivity index (χ2v) is 10.6. The Bertz CT molecular complexity index is 1280. The molecule has 1 unspecified atom stereocenters. The van der Waals surface area contributed by atoms with E-state index in [9.17, 15) is 15.5 Å². The first-order valence-electron chi connectivity index (χ1n) is 13.3. The molecule has 6 atom stereocenters. The molecule has 3 heterocycles. The summed E-state index contributed by atoms with van der Waals surface area (Å²) in [7, 11) is 1.57. The third-order valence-electron chi connectivity index (χ3n) is 8.99. The van der Waals surface area contributed by atoms with E-state index in [0.717, 1.165) is 25.1 Å². The minimum absolute atomic E-state index is 0.0160. The SMILES string of the molecule is COc1cncc2c1[C@]1(O)[C@@H](CN3CCOCC3)[C@H](CO)[C@@H](C3C=CC=CC3)[C@]1(c1ccc(C#N)cc1)O2. The molecule has 2 fully saturated rings. The highest BCUT2D eigenvalue weighted by Gasteiger charge is 2.77. The van der Waals surface area contributed by atoms with Crippen LogP contribution in [0.4, 0.5) is 0 Å². The number of aliphatic hydroxyl groups excluding tert-OH is 1. The fraction of sp³-hybridized carbons (Fsp3) is 0.467. The monoisotopic (exact) mass is 515 g/mol. The van der Waals surface area contributed by atoms with E-state index < -0.39 is 11.2 Å². The summed E-state index contributed by atoms with van der Waals surface area (Å²) < 4.78 is 18.3. The lowest BCUT2D eigenvalue weighted by Gasteiger charge is -2.44. The van der Waals surface area contributed by atoms with Crippen LogP contribution in [-0.2, 0) is 15.9 Å². The van der Waals surface area contributed by atoms with Crippen LogP contribution >= 0.6 is 0 Å². The second-order valence-electron chi connectivity index (χ2n) is 10.6. The number of nitriles is 1. The van der Waals surface area contributed by atoms with E-state index in [0.29, 0.717) is 42.4 Å². The molecule has 0 bridgehead atoms. The Kier molecular flexibility index (Phi) is 6.48. The van der Waals surface area contributed by atoms with Gasteiger partial charge in [0.1, 0.15) is 17.1 Å². The Hall–Kier alpha value is -3.22. The summed E-state index contributed by atoms with van der Waals surface area (Å²) in [5, 5.41) is 33.8. The lowest BCUT2D eigenvalue weighted by Crippen LogP contribution is -2.54. The van der Waals surface area contributed by atoms with E-state index in [-0.39, 0.29) is 30.3 Å². The van der Waals surface area contributed by atoms with Crippen LogP contribution in [0.2, 0.25) is 0 Å². The van der Waals surface area contributed by atoms with Crippen molar-refractivity contribution in [3.8, 4) is 17.6 Å². The van der Waals surface area contributed by atoms with E-state index in [1.165, 1.54) is 0 Å². The summed E-state index contributed by atoms with van der Waals surface area (Å²) in [6.07, 6.45) is 12.4. The molecule has 1 saturated carbocycles. The van der Waals surface area contributed by atoms with Crippen molar-refractivity contribution in [2.75, 3.05) is 46.6 Å². The maximum absolute atomic E-state index is 13.3. The maximum atomic E-state index is 13.3. The normalized spacial score (nSPS) is 33.8. The van der Waals surface area contributed by atoms with Gasteiger partial charge in [0.15, 0.2) is 5.60 Å². The number of nitrogens with zero attached hydrogens (tertiary/aromatic N) is 3. The lowest BCUT2D eigenvalue weighted by atomic mass is 9.67. The zero-order chi connectivity index (χ0) is 26.3. The molecule has 2 aliphatic heterocycles. The van der Waals surface area contributed by atoms with E-state index in [2.05, 4.69) is 28.1 Å². The van der Waals surface area contributed by atoms with Crippen LogP contribution in [0.5, 0.6) is 11.5 Å². The third-order valence-corrected chi connectivity index (χ3v) is 8.99. The van der Waals surface area contributed by atoms with Gasteiger partial charge >= 0.3 is 0 Å². The van der Waals surface area contributed by atoms with Gasteiger partial charge in [0.05, 0.1) is 49.9 Å². The predicted molar refractivity (Wildman–Crippen MR) is 139 cm³/mol. The third kappa shape index (κ3) is 3.53. The minimum atomic E-state index is -1.53. The smallest absolute Gasteiger partial charge is 0.171 e. The van der Waals surface area contributed by atoms with Gasteiger partial charge in [-0.05, 0) is 36.0 Å². The van der Waals surface area contributed by atoms with Gasteiger partial charge in [-0.2, -0.15) is 5.26 Å². The molecule has 198 valence electrons. The predicted octanol–water partition coefficient (Wildman–Crippen LogP) is 2.76. The number of aromatic nitrogens is 1. The first kappa shape index (κ1) is 25.1. The number of morpholine rings is 1. The summed E-state index contributed by atoms with van der Waals surface area (Å²) in [4.78, 5) is 6.66. The van der Waals surface area contributed by atoms with Crippen molar-refractivity contribution in [1.82, 2.24) is 9.88 Å². The number of methoxy groups -OCH3 is 1. The highest BCUT2D eigenvalue weighted by Crippen LogP contribution is 2.71. The molecule has 8 nitrogen and oxygen atoms in total. The zero-order valence-electron chi connectivity index (χ0n) is 21.5. The van der Waals surface area contributed by atoms with Gasteiger partial charge in [-0.15, -0.1) is 0 Å². The minimum Gasteiger partial charge on any atom is -0.495 e. The molecule has 1 saturated heterocycles. The topological polar surface area (TPSA) is 108 Å². The Labute approximate surface area is 222 Å². The fourth-order valence-electron chi connectivity index (χ4n) is 7.43. The molecule has 1 aromatic carbocycles. The summed E-state index contributed by atoms with van der Waals surface area (Å²) in [5.74, 6) is 0.0506. The molecule has 1 aromatic heterocycles. The molecule has 38 heavy (non-hydrogen) atoms. The van der Waals surface area contributed by atoms with E-state index in [4.69, 9.17) is 14.2 Å². The highest BCUT2D eigenvalue weighted by molar-refractivity contribution is 5.57. The molecule has 2 aromatic rings. The molecule has 4 aliphatic rings. The number of hydrogen-bond donors (Lipinski definition) is 2. The largest absolute Gasteiger partial charge is 0.495 e. The maximum Gasteiger partial charge on any atom is 0.171 e. The molecule has 0 radical (unpaired) electrons. The zero-order valence-corrected chi connectivity index (χ0v) is 21.5. The van der Waals surface area contributed by atoms with Gasteiger partial charge in [-0.25, -0.2) is 0 Å².